The number of hydrogen-bond donors (Lipinski definition) is 1. The molecule has 3 rings (SSSR count). The molecule has 1 saturated carbocycles. The Balaban J connectivity index is 0.00000176. The summed E-state index contributed by atoms with van der Waals surface area (Å²) in [5.74, 6) is 1.39. The molecule has 0 saturated heterocycles. The van der Waals surface area contributed by atoms with Gasteiger partial charge in [0.05, 0.1) is 10.6 Å². The fraction of sp³-hybridized carbons (Fsp3) is 0.429. The van der Waals surface area contributed by atoms with Crippen molar-refractivity contribution in [1.29, 1.82) is 0 Å². The Hall–Kier alpha value is -1.01. The first-order valence-electron chi connectivity index (χ1n) is 6.73. The minimum atomic E-state index is -0.449. The van der Waals surface area contributed by atoms with E-state index in [1.165, 1.54) is 0 Å². The lowest BCUT2D eigenvalue weighted by atomic mass is 9.77. The molecule has 1 aromatic carbocycles. The van der Waals surface area contributed by atoms with E-state index in [-0.39, 0.29) is 12.4 Å². The van der Waals surface area contributed by atoms with E-state index in [9.17, 15) is 0 Å². The van der Waals surface area contributed by atoms with Gasteiger partial charge in [0.2, 0.25) is 0 Å². The van der Waals surface area contributed by atoms with Crippen molar-refractivity contribution in [3.63, 3.8) is 0 Å². The van der Waals surface area contributed by atoms with Gasteiger partial charge in [-0.15, -0.1) is 12.4 Å². The number of ether oxygens (including phenoxy) is 1. The first-order chi connectivity index (χ1) is 9.99. The molecule has 8 heteroatoms. The lowest BCUT2D eigenvalue weighted by Gasteiger charge is -2.34. The molecule has 5 nitrogen and oxygen atoms in total. The van der Waals surface area contributed by atoms with Crippen LogP contribution >= 0.6 is 35.6 Å². The largest absolute Gasteiger partial charge is 0.479 e. The van der Waals surface area contributed by atoms with Crippen molar-refractivity contribution in [2.75, 3.05) is 0 Å². The molecule has 1 heterocycles. The lowest BCUT2D eigenvalue weighted by Crippen LogP contribution is -2.44. The third-order valence-corrected chi connectivity index (χ3v) is 4.50. The summed E-state index contributed by atoms with van der Waals surface area (Å²) in [4.78, 5) is 4.35. The van der Waals surface area contributed by atoms with Crippen LogP contribution in [0.15, 0.2) is 22.7 Å². The number of benzene rings is 1. The van der Waals surface area contributed by atoms with Crippen molar-refractivity contribution >= 4 is 35.6 Å². The number of nitrogens with two attached hydrogens (primary N) is 1. The van der Waals surface area contributed by atoms with Crippen molar-refractivity contribution < 1.29 is 9.26 Å². The molecule has 0 bridgehead atoms. The smallest absolute Gasteiger partial charge is 0.267 e. The Kier molecular flexibility index (Phi) is 5.22. The molecule has 1 unspecified atom stereocenters. The Labute approximate surface area is 144 Å². The van der Waals surface area contributed by atoms with E-state index >= 15 is 0 Å². The van der Waals surface area contributed by atoms with E-state index in [0.29, 0.717) is 27.5 Å². The van der Waals surface area contributed by atoms with Gasteiger partial charge >= 0.3 is 0 Å². The monoisotopic (exact) mass is 363 g/mol. The van der Waals surface area contributed by atoms with Gasteiger partial charge < -0.3 is 15.0 Å². The van der Waals surface area contributed by atoms with Gasteiger partial charge in [-0.3, -0.25) is 0 Å². The number of halogens is 3. The zero-order chi connectivity index (χ0) is 15.0. The summed E-state index contributed by atoms with van der Waals surface area (Å²) in [5.41, 5.74) is 5.72. The molecule has 1 atom stereocenters. The second-order valence-corrected chi connectivity index (χ2v) is 6.06. The minimum absolute atomic E-state index is 0. The topological polar surface area (TPSA) is 74.2 Å². The average molecular weight is 365 g/mol. The van der Waals surface area contributed by atoms with Gasteiger partial charge in [-0.2, -0.15) is 4.98 Å². The van der Waals surface area contributed by atoms with Gasteiger partial charge in [0.25, 0.3) is 5.89 Å². The highest BCUT2D eigenvalue weighted by Crippen LogP contribution is 2.38. The Morgan fingerprint density at radius 2 is 2.09 bits per heavy atom. The van der Waals surface area contributed by atoms with E-state index in [1.807, 2.05) is 0 Å². The second-order valence-electron chi connectivity index (χ2n) is 5.28. The van der Waals surface area contributed by atoms with E-state index in [0.717, 1.165) is 19.3 Å². The molecular weight excluding hydrogens is 349 g/mol. The Morgan fingerprint density at radius 1 is 1.36 bits per heavy atom. The molecule has 1 fully saturated rings. The number of hydrogen-bond acceptors (Lipinski definition) is 5. The maximum atomic E-state index is 6.17. The van der Waals surface area contributed by atoms with Crippen LogP contribution in [0.3, 0.4) is 0 Å². The molecule has 22 heavy (non-hydrogen) atoms. The van der Waals surface area contributed by atoms with Crippen molar-refractivity contribution in [3.8, 4) is 5.75 Å². The van der Waals surface area contributed by atoms with Gasteiger partial charge in [0.1, 0.15) is 10.8 Å². The zero-order valence-corrected chi connectivity index (χ0v) is 14.2. The van der Waals surface area contributed by atoms with E-state index in [2.05, 4.69) is 10.1 Å². The molecule has 2 N–H and O–H groups in total. The molecule has 0 amide bonds. The fourth-order valence-electron chi connectivity index (χ4n) is 2.20. The molecule has 1 aromatic heterocycles. The zero-order valence-electron chi connectivity index (χ0n) is 11.9. The van der Waals surface area contributed by atoms with Gasteiger partial charge in [-0.25, -0.2) is 0 Å². The summed E-state index contributed by atoms with van der Waals surface area (Å²) in [7, 11) is 0. The fourth-order valence-corrected chi connectivity index (χ4v) is 2.54. The van der Waals surface area contributed by atoms with E-state index in [1.54, 1.807) is 25.1 Å². The molecule has 0 spiro atoms. The molecule has 0 aliphatic heterocycles. The van der Waals surface area contributed by atoms with Crippen LogP contribution in [0.2, 0.25) is 10.0 Å². The van der Waals surface area contributed by atoms with Crippen LogP contribution < -0.4 is 10.5 Å². The van der Waals surface area contributed by atoms with Crippen LogP contribution in [0.4, 0.5) is 0 Å². The van der Waals surface area contributed by atoms with Crippen molar-refractivity contribution in [1.82, 2.24) is 10.1 Å². The predicted molar refractivity (Wildman–Crippen MR) is 86.8 cm³/mol. The minimum Gasteiger partial charge on any atom is -0.479 e. The number of nitrogens with zero attached hydrogens (tertiary/aromatic N) is 2. The third kappa shape index (κ3) is 3.18. The molecule has 120 valence electrons. The number of aromatic nitrogens is 2. The van der Waals surface area contributed by atoms with Crippen LogP contribution in [0.1, 0.15) is 44.0 Å². The first-order valence-corrected chi connectivity index (χ1v) is 7.49. The van der Waals surface area contributed by atoms with Crippen LogP contribution in [0.5, 0.6) is 5.75 Å². The Morgan fingerprint density at radius 3 is 2.73 bits per heavy atom. The summed E-state index contributed by atoms with van der Waals surface area (Å²) < 4.78 is 11.0. The molecule has 0 radical (unpaired) electrons. The van der Waals surface area contributed by atoms with Gasteiger partial charge in [0, 0.05) is 0 Å². The van der Waals surface area contributed by atoms with Crippen LogP contribution in [-0.2, 0) is 5.54 Å². The summed E-state index contributed by atoms with van der Waals surface area (Å²) in [6.45, 7) is 1.80. The standard InChI is InChI=1S/C14H15Cl2N3O2.ClH/c1-8(20-10-5-2-4-9(15)11(10)16)12-18-13(19-21-12)14(17)6-3-7-14;/h2,4-5,8H,3,6-7,17H2,1H3;1H. The second kappa shape index (κ2) is 6.62. The lowest BCUT2D eigenvalue weighted by molar-refractivity contribution is 0.174. The molecule has 1 aliphatic rings. The summed E-state index contributed by atoms with van der Waals surface area (Å²) in [6, 6.07) is 5.19. The quantitative estimate of drug-likeness (QED) is 0.876. The summed E-state index contributed by atoms with van der Waals surface area (Å²) in [6.07, 6.45) is 2.40. The maximum Gasteiger partial charge on any atom is 0.267 e. The van der Waals surface area contributed by atoms with Crippen molar-refractivity contribution in [2.24, 2.45) is 5.73 Å². The van der Waals surface area contributed by atoms with Crippen LogP contribution in [-0.4, -0.2) is 10.1 Å². The van der Waals surface area contributed by atoms with E-state index < -0.39 is 11.6 Å². The van der Waals surface area contributed by atoms with E-state index in [4.69, 9.17) is 38.2 Å². The molecule has 1 aliphatic carbocycles. The summed E-state index contributed by atoms with van der Waals surface area (Å²) >= 11 is 12.0. The SMILES string of the molecule is CC(Oc1cccc(Cl)c1Cl)c1nc(C2(N)CCC2)no1.Cl. The van der Waals surface area contributed by atoms with Crippen LogP contribution in [0.25, 0.3) is 0 Å². The highest BCUT2D eigenvalue weighted by molar-refractivity contribution is 6.42. The third-order valence-electron chi connectivity index (χ3n) is 3.70. The van der Waals surface area contributed by atoms with Crippen molar-refractivity contribution in [3.05, 3.63) is 40.0 Å². The van der Waals surface area contributed by atoms with Gasteiger partial charge in [-0.05, 0) is 38.3 Å². The highest BCUT2D eigenvalue weighted by atomic mass is 35.5. The predicted octanol–water partition coefficient (Wildman–Crippen LogP) is 4.28. The molecular formula is C14H16Cl3N3O2. The maximum absolute atomic E-state index is 6.17. The number of rotatable bonds is 4. The molecule has 2 aromatic rings. The van der Waals surface area contributed by atoms with Gasteiger partial charge in [-0.1, -0.05) is 34.4 Å². The Bertz CT molecular complexity index is 659. The average Bonchev–Trinajstić information content (AvgIpc) is 2.91. The summed E-state index contributed by atoms with van der Waals surface area (Å²) in [5, 5.41) is 4.76. The normalized spacial score (nSPS) is 17.3. The van der Waals surface area contributed by atoms with Crippen LogP contribution in [0, 0.1) is 0 Å². The highest BCUT2D eigenvalue weighted by Gasteiger charge is 2.39. The first kappa shape index (κ1) is 17.3. The van der Waals surface area contributed by atoms with Gasteiger partial charge in [0.15, 0.2) is 11.9 Å². The van der Waals surface area contributed by atoms with Crippen molar-refractivity contribution in [2.45, 2.75) is 37.8 Å².